The van der Waals surface area contributed by atoms with Crippen molar-refractivity contribution in [2.24, 2.45) is 5.41 Å². The van der Waals surface area contributed by atoms with Gasteiger partial charge in [0, 0.05) is 49.5 Å². The molecule has 0 saturated carbocycles. The van der Waals surface area contributed by atoms with Crippen LogP contribution in [0.1, 0.15) is 48.6 Å². The van der Waals surface area contributed by atoms with E-state index in [4.69, 9.17) is 4.42 Å². The Morgan fingerprint density at radius 1 is 0.667 bits per heavy atom. The summed E-state index contributed by atoms with van der Waals surface area (Å²) in [5.41, 5.74) is 15.5. The van der Waals surface area contributed by atoms with E-state index in [2.05, 4.69) is 123 Å². The molecule has 0 fully saturated rings. The number of hydrogen-bond donors (Lipinski definition) is 0. The molecular formula is C46H41IrN3O-2. The second-order valence-corrected chi connectivity index (χ2v) is 14.5. The van der Waals surface area contributed by atoms with E-state index in [-0.39, 0.29) is 20.1 Å². The fourth-order valence-corrected chi connectivity index (χ4v) is 6.37. The molecule has 4 aromatic heterocycles. The van der Waals surface area contributed by atoms with Gasteiger partial charge < -0.3 is 14.4 Å². The smallest absolute Gasteiger partial charge is 0.130 e. The third-order valence-corrected chi connectivity index (χ3v) is 9.15. The zero-order valence-corrected chi connectivity index (χ0v) is 32.6. The first-order valence-corrected chi connectivity index (χ1v) is 17.1. The van der Waals surface area contributed by atoms with Crippen LogP contribution in [0.25, 0.3) is 66.5 Å². The molecule has 0 saturated heterocycles. The summed E-state index contributed by atoms with van der Waals surface area (Å²) in [4.78, 5) is 13.5. The van der Waals surface area contributed by atoms with Crippen molar-refractivity contribution in [3.63, 3.8) is 0 Å². The average Bonchev–Trinajstić information content (AvgIpc) is 3.50. The van der Waals surface area contributed by atoms with Crippen LogP contribution in [0.2, 0.25) is 0 Å². The van der Waals surface area contributed by atoms with Crippen LogP contribution in [-0.4, -0.2) is 15.0 Å². The van der Waals surface area contributed by atoms with Gasteiger partial charge in [0.05, 0.1) is 11.1 Å². The minimum absolute atomic E-state index is 0. The number of fused-ring (bicyclic) bond motifs is 5. The predicted octanol–water partition coefficient (Wildman–Crippen LogP) is 12.0. The Balaban J connectivity index is 0.000000173. The number of benzene rings is 4. The molecular weight excluding hydrogens is 803 g/mol. The van der Waals surface area contributed by atoms with Gasteiger partial charge in [0.1, 0.15) is 5.58 Å². The first kappa shape index (κ1) is 35.9. The maximum atomic E-state index is 6.27. The Kier molecular flexibility index (Phi) is 10.3. The van der Waals surface area contributed by atoms with Crippen molar-refractivity contribution in [2.75, 3.05) is 0 Å². The summed E-state index contributed by atoms with van der Waals surface area (Å²) in [7, 11) is 0. The molecule has 5 heteroatoms. The Morgan fingerprint density at radius 3 is 2.16 bits per heavy atom. The molecule has 0 N–H and O–H groups in total. The largest absolute Gasteiger partial charge is 0.500 e. The first-order chi connectivity index (χ1) is 24.0. The number of rotatable bonds is 4. The summed E-state index contributed by atoms with van der Waals surface area (Å²) in [6.07, 6.45) is 6.70. The molecule has 0 spiro atoms. The monoisotopic (exact) mass is 844 g/mol. The van der Waals surface area contributed by atoms with Gasteiger partial charge in [-0.15, -0.1) is 47.5 Å². The molecule has 4 heterocycles. The normalized spacial score (nSPS) is 11.4. The van der Waals surface area contributed by atoms with Crippen LogP contribution < -0.4 is 0 Å². The van der Waals surface area contributed by atoms with E-state index in [9.17, 15) is 0 Å². The fraction of sp³-hybridized carbons (Fsp3) is 0.196. The summed E-state index contributed by atoms with van der Waals surface area (Å²) < 4.78 is 6.27. The quantitative estimate of drug-likeness (QED) is 0.166. The molecule has 8 aromatic rings. The van der Waals surface area contributed by atoms with Crippen molar-refractivity contribution in [1.29, 1.82) is 0 Å². The zero-order chi connectivity index (χ0) is 35.0. The van der Waals surface area contributed by atoms with E-state index in [1.807, 2.05) is 55.7 Å². The van der Waals surface area contributed by atoms with Crippen LogP contribution in [-0.2, 0) is 26.5 Å². The summed E-state index contributed by atoms with van der Waals surface area (Å²) in [6.45, 7) is 15.2. The second-order valence-electron chi connectivity index (χ2n) is 14.5. The van der Waals surface area contributed by atoms with E-state index < -0.39 is 0 Å². The van der Waals surface area contributed by atoms with Gasteiger partial charge in [-0.25, -0.2) is 0 Å². The van der Waals surface area contributed by atoms with Crippen molar-refractivity contribution in [2.45, 2.75) is 54.9 Å². The molecule has 0 amide bonds. The van der Waals surface area contributed by atoms with Gasteiger partial charge in [-0.1, -0.05) is 92.2 Å². The molecule has 0 aliphatic rings. The average molecular weight is 844 g/mol. The molecule has 0 aliphatic heterocycles. The van der Waals surface area contributed by atoms with Gasteiger partial charge in [0.15, 0.2) is 0 Å². The van der Waals surface area contributed by atoms with Crippen molar-refractivity contribution in [3.05, 3.63) is 150 Å². The number of nitrogens with zero attached hydrogens (tertiary/aromatic N) is 3. The van der Waals surface area contributed by atoms with E-state index in [1.54, 1.807) is 6.20 Å². The van der Waals surface area contributed by atoms with Crippen molar-refractivity contribution < 1.29 is 24.5 Å². The fourth-order valence-electron chi connectivity index (χ4n) is 6.37. The predicted molar refractivity (Wildman–Crippen MR) is 207 cm³/mol. The minimum Gasteiger partial charge on any atom is -0.500 e. The van der Waals surface area contributed by atoms with Crippen molar-refractivity contribution >= 4 is 32.8 Å². The Bertz CT molecular complexity index is 2470. The third-order valence-electron chi connectivity index (χ3n) is 9.15. The molecule has 8 rings (SSSR count). The first-order valence-electron chi connectivity index (χ1n) is 17.1. The summed E-state index contributed by atoms with van der Waals surface area (Å²) in [5, 5.41) is 3.19. The molecule has 0 bridgehead atoms. The van der Waals surface area contributed by atoms with E-state index in [0.717, 1.165) is 67.3 Å². The third kappa shape index (κ3) is 7.71. The summed E-state index contributed by atoms with van der Waals surface area (Å²) in [6, 6.07) is 38.2. The van der Waals surface area contributed by atoms with Gasteiger partial charge in [-0.2, -0.15) is 0 Å². The maximum absolute atomic E-state index is 6.27. The molecule has 51 heavy (non-hydrogen) atoms. The van der Waals surface area contributed by atoms with Gasteiger partial charge in [-0.3, -0.25) is 4.98 Å². The molecule has 1 radical (unpaired) electrons. The Morgan fingerprint density at radius 2 is 1.43 bits per heavy atom. The molecule has 0 aliphatic carbocycles. The molecule has 4 aromatic carbocycles. The van der Waals surface area contributed by atoms with Crippen LogP contribution in [0.3, 0.4) is 0 Å². The number of pyridine rings is 3. The number of furan rings is 1. The molecule has 0 atom stereocenters. The van der Waals surface area contributed by atoms with E-state index >= 15 is 0 Å². The summed E-state index contributed by atoms with van der Waals surface area (Å²) in [5.74, 6) is 0. The van der Waals surface area contributed by atoms with Gasteiger partial charge in [0.25, 0.3) is 0 Å². The van der Waals surface area contributed by atoms with Crippen LogP contribution in [0, 0.1) is 45.2 Å². The Hall–Kier alpha value is -4.96. The number of aryl methyl sites for hydroxylation is 4. The van der Waals surface area contributed by atoms with E-state index in [1.165, 1.54) is 33.4 Å². The van der Waals surface area contributed by atoms with Gasteiger partial charge in [-0.05, 0) is 90.5 Å². The van der Waals surface area contributed by atoms with Crippen molar-refractivity contribution in [1.82, 2.24) is 15.0 Å². The molecule has 4 nitrogen and oxygen atoms in total. The molecule has 0 unspecified atom stereocenters. The van der Waals surface area contributed by atoms with Crippen LogP contribution in [0.4, 0.5) is 0 Å². The second kappa shape index (κ2) is 14.7. The van der Waals surface area contributed by atoms with E-state index in [0.29, 0.717) is 5.41 Å². The summed E-state index contributed by atoms with van der Waals surface area (Å²) >= 11 is 0. The SMILES string of the molecule is Cc1ccc(-c2[c-]ccc3c2oc2c4cccnc4ccc32)nc1.Cc1cnc(-c2[c-]cc(C)c(-c3ccc(CC(C)(C)C)cc3)c2)cc1C.[Ir]. The molecule has 257 valence electrons. The van der Waals surface area contributed by atoms with Crippen LogP contribution >= 0.6 is 0 Å². The topological polar surface area (TPSA) is 51.8 Å². The zero-order valence-electron chi connectivity index (χ0n) is 30.2. The standard InChI is InChI=1S/C25H28N.C21H13N2O.Ir/c1-17-7-10-22(24-13-18(2)19(3)16-26-24)14-23(17)21-11-8-20(9-12-21)15-25(4,5)6;1-13-7-9-19(23-12-13)16-5-2-4-14-15-8-10-18-17(6-3-11-22-18)21(15)24-20(14)16;/h7-9,11-14,16H,15H2,1-6H3;2-4,6-12H,1H3;/q2*-1;. The number of aromatic nitrogens is 3. The van der Waals surface area contributed by atoms with Crippen LogP contribution in [0.15, 0.2) is 114 Å². The van der Waals surface area contributed by atoms with Crippen molar-refractivity contribution in [3.8, 4) is 33.6 Å². The van der Waals surface area contributed by atoms with Crippen LogP contribution in [0.5, 0.6) is 0 Å². The minimum atomic E-state index is 0. The Labute approximate surface area is 314 Å². The number of hydrogen-bond acceptors (Lipinski definition) is 4. The van der Waals surface area contributed by atoms with Gasteiger partial charge in [0.2, 0.25) is 0 Å². The maximum Gasteiger partial charge on any atom is 0.130 e. The van der Waals surface area contributed by atoms with Gasteiger partial charge >= 0.3 is 0 Å².